The zero-order valence-corrected chi connectivity index (χ0v) is 11.1. The fraction of sp³-hybridized carbons (Fsp3) is 0.500. The van der Waals surface area contributed by atoms with E-state index in [9.17, 15) is 4.79 Å². The standard InChI is InChI=1S/C14H20N2O2/c1-9(2)15-14(17)10(3)16-12-8-18-13-7-5-4-6-11(12)13/h4-7,9-10,12,16H,8H2,1-3H3,(H,15,17). The van der Waals surface area contributed by atoms with Crippen molar-refractivity contribution in [3.8, 4) is 5.75 Å². The Hall–Kier alpha value is -1.55. The van der Waals surface area contributed by atoms with Crippen LogP contribution in [-0.4, -0.2) is 24.6 Å². The third kappa shape index (κ3) is 2.82. The van der Waals surface area contributed by atoms with Crippen molar-refractivity contribution in [3.63, 3.8) is 0 Å². The predicted molar refractivity (Wildman–Crippen MR) is 70.6 cm³/mol. The molecule has 18 heavy (non-hydrogen) atoms. The first-order chi connectivity index (χ1) is 8.58. The fourth-order valence-corrected chi connectivity index (χ4v) is 2.09. The predicted octanol–water partition coefficient (Wildman–Crippen LogP) is 1.62. The number of para-hydroxylation sites is 1. The first kappa shape index (κ1) is 12.9. The van der Waals surface area contributed by atoms with Crippen LogP contribution in [0.1, 0.15) is 32.4 Å². The maximum absolute atomic E-state index is 11.8. The van der Waals surface area contributed by atoms with Gasteiger partial charge in [0.25, 0.3) is 0 Å². The summed E-state index contributed by atoms with van der Waals surface area (Å²) in [4.78, 5) is 11.8. The topological polar surface area (TPSA) is 50.4 Å². The summed E-state index contributed by atoms with van der Waals surface area (Å²) in [6, 6.07) is 7.95. The van der Waals surface area contributed by atoms with Gasteiger partial charge in [0, 0.05) is 11.6 Å². The molecule has 1 aliphatic rings. The van der Waals surface area contributed by atoms with Crippen molar-refractivity contribution in [2.45, 2.75) is 38.9 Å². The molecule has 2 unspecified atom stereocenters. The Morgan fingerprint density at radius 3 is 2.78 bits per heavy atom. The lowest BCUT2D eigenvalue weighted by Gasteiger charge is -2.19. The molecule has 0 saturated heterocycles. The van der Waals surface area contributed by atoms with E-state index in [1.807, 2.05) is 45.0 Å². The molecule has 98 valence electrons. The summed E-state index contributed by atoms with van der Waals surface area (Å²) < 4.78 is 5.58. The molecule has 2 rings (SSSR count). The van der Waals surface area contributed by atoms with E-state index in [2.05, 4.69) is 10.6 Å². The quantitative estimate of drug-likeness (QED) is 0.851. The second-order valence-electron chi connectivity index (χ2n) is 4.95. The minimum atomic E-state index is -0.229. The van der Waals surface area contributed by atoms with Crippen LogP contribution in [-0.2, 0) is 4.79 Å². The zero-order chi connectivity index (χ0) is 13.1. The molecule has 0 bridgehead atoms. The van der Waals surface area contributed by atoms with Crippen molar-refractivity contribution in [2.75, 3.05) is 6.61 Å². The number of carbonyl (C=O) groups is 1. The van der Waals surface area contributed by atoms with Crippen LogP contribution in [0.25, 0.3) is 0 Å². The maximum atomic E-state index is 11.8. The summed E-state index contributed by atoms with van der Waals surface area (Å²) in [5, 5.41) is 6.20. The van der Waals surface area contributed by atoms with E-state index in [0.29, 0.717) is 6.61 Å². The molecular formula is C14H20N2O2. The molecule has 1 aromatic rings. The van der Waals surface area contributed by atoms with E-state index in [1.165, 1.54) is 0 Å². The molecule has 1 aliphatic heterocycles. The molecular weight excluding hydrogens is 228 g/mol. The Labute approximate surface area is 108 Å². The Balaban J connectivity index is 1.97. The lowest BCUT2D eigenvalue weighted by molar-refractivity contribution is -0.123. The first-order valence-corrected chi connectivity index (χ1v) is 6.36. The molecule has 1 heterocycles. The number of ether oxygens (including phenoxy) is 1. The van der Waals surface area contributed by atoms with Crippen molar-refractivity contribution in [2.24, 2.45) is 0 Å². The van der Waals surface area contributed by atoms with E-state index in [4.69, 9.17) is 4.74 Å². The number of rotatable bonds is 4. The van der Waals surface area contributed by atoms with Gasteiger partial charge in [-0.2, -0.15) is 0 Å². The number of nitrogens with one attached hydrogen (secondary N) is 2. The maximum Gasteiger partial charge on any atom is 0.237 e. The summed E-state index contributed by atoms with van der Waals surface area (Å²) in [6.07, 6.45) is 0. The van der Waals surface area contributed by atoms with Gasteiger partial charge in [0.15, 0.2) is 0 Å². The van der Waals surface area contributed by atoms with E-state index in [0.717, 1.165) is 11.3 Å². The number of benzene rings is 1. The molecule has 0 radical (unpaired) electrons. The summed E-state index contributed by atoms with van der Waals surface area (Å²) in [5.41, 5.74) is 1.13. The molecule has 2 N–H and O–H groups in total. The van der Waals surface area contributed by atoms with Gasteiger partial charge in [0.2, 0.25) is 5.91 Å². The number of hydrogen-bond acceptors (Lipinski definition) is 3. The second-order valence-corrected chi connectivity index (χ2v) is 4.95. The van der Waals surface area contributed by atoms with Crippen molar-refractivity contribution in [1.82, 2.24) is 10.6 Å². The van der Waals surface area contributed by atoms with Gasteiger partial charge in [-0.15, -0.1) is 0 Å². The molecule has 4 nitrogen and oxygen atoms in total. The van der Waals surface area contributed by atoms with Crippen LogP contribution >= 0.6 is 0 Å². The molecule has 1 amide bonds. The van der Waals surface area contributed by atoms with Crippen LogP contribution in [0.2, 0.25) is 0 Å². The minimum Gasteiger partial charge on any atom is -0.491 e. The number of carbonyl (C=O) groups excluding carboxylic acids is 1. The molecule has 0 aliphatic carbocycles. The number of amides is 1. The Kier molecular flexibility index (Phi) is 3.87. The van der Waals surface area contributed by atoms with E-state index < -0.39 is 0 Å². The average Bonchev–Trinajstić information content (AvgIpc) is 2.72. The number of hydrogen-bond donors (Lipinski definition) is 2. The van der Waals surface area contributed by atoms with Crippen LogP contribution in [0.4, 0.5) is 0 Å². The highest BCUT2D eigenvalue weighted by atomic mass is 16.5. The van der Waals surface area contributed by atoms with Gasteiger partial charge < -0.3 is 10.1 Å². The summed E-state index contributed by atoms with van der Waals surface area (Å²) in [5.74, 6) is 0.931. The third-order valence-electron chi connectivity index (χ3n) is 2.98. The third-order valence-corrected chi connectivity index (χ3v) is 2.98. The van der Waals surface area contributed by atoms with Gasteiger partial charge in [-0.05, 0) is 26.8 Å². The normalized spacial score (nSPS) is 19.2. The van der Waals surface area contributed by atoms with Crippen molar-refractivity contribution >= 4 is 5.91 Å². The molecule has 0 aromatic heterocycles. The lowest BCUT2D eigenvalue weighted by atomic mass is 10.1. The summed E-state index contributed by atoms with van der Waals surface area (Å²) >= 11 is 0. The van der Waals surface area contributed by atoms with Crippen molar-refractivity contribution < 1.29 is 9.53 Å². The van der Waals surface area contributed by atoms with Gasteiger partial charge in [0.05, 0.1) is 12.1 Å². The first-order valence-electron chi connectivity index (χ1n) is 6.36. The SMILES string of the molecule is CC(C)NC(=O)C(C)NC1COc2ccccc21. The molecule has 4 heteroatoms. The van der Waals surface area contributed by atoms with Gasteiger partial charge in [0.1, 0.15) is 12.4 Å². The van der Waals surface area contributed by atoms with Gasteiger partial charge in [-0.1, -0.05) is 18.2 Å². The van der Waals surface area contributed by atoms with E-state index in [1.54, 1.807) is 0 Å². The smallest absolute Gasteiger partial charge is 0.237 e. The summed E-state index contributed by atoms with van der Waals surface area (Å²) in [6.45, 7) is 6.37. The highest BCUT2D eigenvalue weighted by molar-refractivity contribution is 5.81. The molecule has 2 atom stereocenters. The van der Waals surface area contributed by atoms with Gasteiger partial charge in [-0.3, -0.25) is 10.1 Å². The highest BCUT2D eigenvalue weighted by Gasteiger charge is 2.26. The molecule has 1 aromatic carbocycles. The monoisotopic (exact) mass is 248 g/mol. The van der Waals surface area contributed by atoms with Crippen LogP contribution < -0.4 is 15.4 Å². The Bertz CT molecular complexity index is 432. The van der Waals surface area contributed by atoms with Crippen LogP contribution in [0.15, 0.2) is 24.3 Å². The van der Waals surface area contributed by atoms with Crippen LogP contribution in [0.3, 0.4) is 0 Å². The van der Waals surface area contributed by atoms with Gasteiger partial charge in [-0.25, -0.2) is 0 Å². The Morgan fingerprint density at radius 1 is 1.33 bits per heavy atom. The Morgan fingerprint density at radius 2 is 2.06 bits per heavy atom. The second kappa shape index (κ2) is 5.40. The minimum absolute atomic E-state index is 0.0226. The van der Waals surface area contributed by atoms with Crippen LogP contribution in [0, 0.1) is 0 Å². The molecule has 0 fully saturated rings. The highest BCUT2D eigenvalue weighted by Crippen LogP contribution is 2.31. The number of fused-ring (bicyclic) bond motifs is 1. The molecule has 0 spiro atoms. The molecule has 0 saturated carbocycles. The largest absolute Gasteiger partial charge is 0.491 e. The average molecular weight is 248 g/mol. The zero-order valence-electron chi connectivity index (χ0n) is 11.1. The van der Waals surface area contributed by atoms with E-state index in [-0.39, 0.29) is 24.0 Å². The van der Waals surface area contributed by atoms with Crippen molar-refractivity contribution in [1.29, 1.82) is 0 Å². The van der Waals surface area contributed by atoms with Gasteiger partial charge >= 0.3 is 0 Å². The van der Waals surface area contributed by atoms with E-state index >= 15 is 0 Å². The van der Waals surface area contributed by atoms with Crippen LogP contribution in [0.5, 0.6) is 5.75 Å². The summed E-state index contributed by atoms with van der Waals surface area (Å²) in [7, 11) is 0. The lowest BCUT2D eigenvalue weighted by Crippen LogP contribution is -2.46. The fourth-order valence-electron chi connectivity index (χ4n) is 2.09. The van der Waals surface area contributed by atoms with Crippen molar-refractivity contribution in [3.05, 3.63) is 29.8 Å².